The number of benzene rings is 2. The van der Waals surface area contributed by atoms with Crippen molar-refractivity contribution in [3.05, 3.63) is 64.7 Å². The number of sulfonamides is 1. The molecule has 2 aromatic carbocycles. The number of rotatable bonds is 12. The van der Waals surface area contributed by atoms with Crippen molar-refractivity contribution in [3.63, 3.8) is 0 Å². The van der Waals surface area contributed by atoms with E-state index in [0.717, 1.165) is 35.4 Å². The number of unbranched alkanes of at least 4 members (excludes halogenated alkanes) is 1. The van der Waals surface area contributed by atoms with Gasteiger partial charge in [-0.15, -0.1) is 0 Å². The third kappa shape index (κ3) is 7.74. The maximum Gasteiger partial charge on any atom is 0.244 e. The Bertz CT molecular complexity index is 1070. The van der Waals surface area contributed by atoms with Crippen LogP contribution >= 0.6 is 11.6 Å². The summed E-state index contributed by atoms with van der Waals surface area (Å²) in [7, 11) is -3.75. The zero-order chi connectivity index (χ0) is 25.3. The van der Waals surface area contributed by atoms with E-state index in [1.807, 2.05) is 26.0 Å². The van der Waals surface area contributed by atoms with Gasteiger partial charge in [0.1, 0.15) is 12.6 Å². The summed E-state index contributed by atoms with van der Waals surface area (Å²) in [6.07, 6.45) is 3.63. The average Bonchev–Trinajstić information content (AvgIpc) is 2.81. The van der Waals surface area contributed by atoms with Crippen LogP contribution in [-0.4, -0.2) is 50.5 Å². The Balaban J connectivity index is 2.35. The SMILES string of the molecule is CCCCNC(=O)[C@@H](C)N(Cc1ccccc1Cl)C(=O)CN(c1ccc(CC)cc1)S(C)(=O)=O. The molecule has 2 amide bonds. The van der Waals surface area contributed by atoms with Gasteiger partial charge < -0.3 is 10.2 Å². The van der Waals surface area contributed by atoms with Crippen LogP contribution < -0.4 is 9.62 Å². The molecule has 0 radical (unpaired) electrons. The van der Waals surface area contributed by atoms with Gasteiger partial charge in [-0.05, 0) is 49.1 Å². The van der Waals surface area contributed by atoms with E-state index in [2.05, 4.69) is 5.32 Å². The molecule has 0 spiro atoms. The van der Waals surface area contributed by atoms with Crippen molar-refractivity contribution < 1.29 is 18.0 Å². The average molecular weight is 508 g/mol. The molecule has 2 aromatic rings. The molecule has 0 saturated heterocycles. The summed E-state index contributed by atoms with van der Waals surface area (Å²) in [5, 5.41) is 3.32. The lowest BCUT2D eigenvalue weighted by Gasteiger charge is -2.31. The maximum absolute atomic E-state index is 13.5. The Hall–Kier alpha value is -2.58. The van der Waals surface area contributed by atoms with Gasteiger partial charge in [0.2, 0.25) is 21.8 Å². The molecule has 186 valence electrons. The minimum atomic E-state index is -3.75. The third-order valence-electron chi connectivity index (χ3n) is 5.61. The number of hydrogen-bond donors (Lipinski definition) is 1. The molecule has 1 atom stereocenters. The first kappa shape index (κ1) is 27.7. The van der Waals surface area contributed by atoms with Crippen molar-refractivity contribution in [2.24, 2.45) is 0 Å². The summed E-state index contributed by atoms with van der Waals surface area (Å²) in [4.78, 5) is 27.7. The summed E-state index contributed by atoms with van der Waals surface area (Å²) >= 11 is 6.32. The molecule has 0 heterocycles. The van der Waals surface area contributed by atoms with Crippen molar-refractivity contribution in [2.75, 3.05) is 23.7 Å². The Morgan fingerprint density at radius 1 is 1.06 bits per heavy atom. The highest BCUT2D eigenvalue weighted by Gasteiger charge is 2.30. The number of aryl methyl sites for hydroxylation is 1. The molecule has 0 aliphatic rings. The molecular weight excluding hydrogens is 474 g/mol. The molecule has 0 saturated carbocycles. The van der Waals surface area contributed by atoms with Crippen molar-refractivity contribution in [1.82, 2.24) is 10.2 Å². The number of halogens is 1. The van der Waals surface area contributed by atoms with E-state index >= 15 is 0 Å². The monoisotopic (exact) mass is 507 g/mol. The van der Waals surface area contributed by atoms with Crippen molar-refractivity contribution >= 4 is 39.1 Å². The molecule has 0 bridgehead atoms. The zero-order valence-electron chi connectivity index (χ0n) is 20.3. The fraction of sp³-hybridized carbons (Fsp3) is 0.440. The van der Waals surface area contributed by atoms with Crippen molar-refractivity contribution in [3.8, 4) is 0 Å². The Morgan fingerprint density at radius 3 is 2.26 bits per heavy atom. The van der Waals surface area contributed by atoms with Crippen LogP contribution in [0.3, 0.4) is 0 Å². The number of carbonyl (C=O) groups is 2. The molecule has 0 aromatic heterocycles. The number of carbonyl (C=O) groups excluding carboxylic acids is 2. The van der Waals surface area contributed by atoms with Gasteiger partial charge in [-0.2, -0.15) is 0 Å². The van der Waals surface area contributed by atoms with Gasteiger partial charge in [0.15, 0.2) is 0 Å². The van der Waals surface area contributed by atoms with Gasteiger partial charge in [-0.3, -0.25) is 13.9 Å². The van der Waals surface area contributed by atoms with E-state index < -0.39 is 28.5 Å². The number of hydrogen-bond acceptors (Lipinski definition) is 4. The number of amides is 2. The largest absolute Gasteiger partial charge is 0.354 e. The second-order valence-corrected chi connectivity index (χ2v) is 10.5. The highest BCUT2D eigenvalue weighted by atomic mass is 35.5. The molecule has 0 fully saturated rings. The van der Waals surface area contributed by atoms with Crippen LogP contribution in [0.1, 0.15) is 44.7 Å². The lowest BCUT2D eigenvalue weighted by atomic mass is 10.1. The molecule has 1 N–H and O–H groups in total. The fourth-order valence-corrected chi connectivity index (χ4v) is 4.49. The molecule has 7 nitrogen and oxygen atoms in total. The summed E-state index contributed by atoms with van der Waals surface area (Å²) in [5.41, 5.74) is 2.12. The normalized spacial score (nSPS) is 12.1. The second kappa shape index (κ2) is 12.8. The predicted octanol–water partition coefficient (Wildman–Crippen LogP) is 4.00. The Morgan fingerprint density at radius 2 is 1.71 bits per heavy atom. The first-order chi connectivity index (χ1) is 16.1. The number of nitrogens with one attached hydrogen (secondary N) is 1. The Labute approximate surface area is 208 Å². The van der Waals surface area contributed by atoms with Gasteiger partial charge in [0.25, 0.3) is 0 Å². The summed E-state index contributed by atoms with van der Waals surface area (Å²) in [6, 6.07) is 13.3. The van der Waals surface area contributed by atoms with Crippen LogP contribution in [0.15, 0.2) is 48.5 Å². The van der Waals surface area contributed by atoms with Crippen molar-refractivity contribution in [2.45, 2.75) is 52.6 Å². The highest BCUT2D eigenvalue weighted by molar-refractivity contribution is 7.92. The fourth-order valence-electron chi connectivity index (χ4n) is 3.44. The van der Waals surface area contributed by atoms with Crippen LogP contribution in [-0.2, 0) is 32.6 Å². The van der Waals surface area contributed by atoms with Gasteiger partial charge >= 0.3 is 0 Å². The van der Waals surface area contributed by atoms with Crippen LogP contribution in [0, 0.1) is 0 Å². The van der Waals surface area contributed by atoms with Gasteiger partial charge in [-0.1, -0.05) is 62.2 Å². The van der Waals surface area contributed by atoms with Crippen LogP contribution in [0.5, 0.6) is 0 Å². The molecule has 2 rings (SSSR count). The third-order valence-corrected chi connectivity index (χ3v) is 7.12. The highest BCUT2D eigenvalue weighted by Crippen LogP contribution is 2.22. The first-order valence-electron chi connectivity index (χ1n) is 11.5. The Kier molecular flexibility index (Phi) is 10.4. The number of nitrogens with zero attached hydrogens (tertiary/aromatic N) is 2. The molecule has 34 heavy (non-hydrogen) atoms. The lowest BCUT2D eigenvalue weighted by molar-refractivity contribution is -0.139. The minimum Gasteiger partial charge on any atom is -0.354 e. The van der Waals surface area contributed by atoms with Gasteiger partial charge in [-0.25, -0.2) is 8.42 Å². The van der Waals surface area contributed by atoms with E-state index in [1.54, 1.807) is 43.3 Å². The zero-order valence-corrected chi connectivity index (χ0v) is 21.8. The number of anilines is 1. The maximum atomic E-state index is 13.5. The predicted molar refractivity (Wildman–Crippen MR) is 137 cm³/mol. The molecular formula is C25H34ClN3O4S. The molecule has 0 unspecified atom stereocenters. The van der Waals surface area contributed by atoms with Crippen LogP contribution in [0.2, 0.25) is 5.02 Å². The summed E-state index contributed by atoms with van der Waals surface area (Å²) in [6.45, 7) is 5.82. The molecule has 0 aliphatic carbocycles. The molecule has 9 heteroatoms. The summed E-state index contributed by atoms with van der Waals surface area (Å²) < 4.78 is 26.2. The van der Waals surface area contributed by atoms with E-state index in [4.69, 9.17) is 11.6 Å². The van der Waals surface area contributed by atoms with E-state index in [-0.39, 0.29) is 12.5 Å². The molecule has 0 aliphatic heterocycles. The van der Waals surface area contributed by atoms with Gasteiger partial charge in [0.05, 0.1) is 11.9 Å². The quantitative estimate of drug-likeness (QED) is 0.440. The first-order valence-corrected chi connectivity index (χ1v) is 13.7. The van der Waals surface area contributed by atoms with Crippen LogP contribution in [0.4, 0.5) is 5.69 Å². The topological polar surface area (TPSA) is 86.8 Å². The lowest BCUT2D eigenvalue weighted by Crippen LogP contribution is -2.51. The van der Waals surface area contributed by atoms with E-state index in [1.165, 1.54) is 4.90 Å². The summed E-state index contributed by atoms with van der Waals surface area (Å²) in [5.74, 6) is -0.796. The minimum absolute atomic E-state index is 0.0766. The van der Waals surface area contributed by atoms with Crippen LogP contribution in [0.25, 0.3) is 0 Å². The van der Waals surface area contributed by atoms with Gasteiger partial charge in [0, 0.05) is 18.1 Å². The second-order valence-electron chi connectivity index (χ2n) is 8.22. The standard InChI is InChI=1S/C25H34ClN3O4S/c1-5-7-16-27-25(31)19(3)28(17-21-10-8-9-11-23(21)26)24(30)18-29(34(4,32)33)22-14-12-20(6-2)13-15-22/h8-15,19H,5-7,16-18H2,1-4H3,(H,27,31)/t19-/m1/s1. The van der Waals surface area contributed by atoms with E-state index in [9.17, 15) is 18.0 Å². The van der Waals surface area contributed by atoms with Crippen molar-refractivity contribution in [1.29, 1.82) is 0 Å². The smallest absolute Gasteiger partial charge is 0.244 e. The van der Waals surface area contributed by atoms with E-state index in [0.29, 0.717) is 22.8 Å².